The number of rotatable bonds is 6. The van der Waals surface area contributed by atoms with Crippen LogP contribution in [0.15, 0.2) is 12.3 Å². The van der Waals surface area contributed by atoms with Crippen LogP contribution in [0, 0.1) is 5.92 Å². The summed E-state index contributed by atoms with van der Waals surface area (Å²) < 4.78 is 12.4. The van der Waals surface area contributed by atoms with Crippen LogP contribution in [0.25, 0.3) is 0 Å². The van der Waals surface area contributed by atoms with Gasteiger partial charge in [0.05, 0.1) is 13.1 Å². The summed E-state index contributed by atoms with van der Waals surface area (Å²) in [7, 11) is 3.27. The van der Waals surface area contributed by atoms with Gasteiger partial charge >= 0.3 is 0 Å². The molecule has 2 saturated heterocycles. The van der Waals surface area contributed by atoms with E-state index < -0.39 is 0 Å². The molecule has 0 aliphatic carbocycles. The molecule has 1 N–H and O–H groups in total. The monoisotopic (exact) mass is 336 g/mol. The molecule has 3 heterocycles. The summed E-state index contributed by atoms with van der Waals surface area (Å²) >= 11 is 0. The Morgan fingerprint density at radius 1 is 1.50 bits per heavy atom. The van der Waals surface area contributed by atoms with E-state index in [1.807, 2.05) is 0 Å². The molecule has 0 unspecified atom stereocenters. The molecule has 0 aromatic carbocycles. The van der Waals surface area contributed by atoms with Crippen molar-refractivity contribution < 1.29 is 19.1 Å². The third-order valence-electron chi connectivity index (χ3n) is 4.97. The van der Waals surface area contributed by atoms with Gasteiger partial charge in [-0.1, -0.05) is 0 Å². The van der Waals surface area contributed by atoms with Crippen LogP contribution in [0.4, 0.5) is 0 Å². The average molecular weight is 336 g/mol. The lowest BCUT2D eigenvalue weighted by Crippen LogP contribution is -2.66. The van der Waals surface area contributed by atoms with Gasteiger partial charge in [0.15, 0.2) is 0 Å². The van der Waals surface area contributed by atoms with Crippen LogP contribution < -0.4 is 5.32 Å². The normalized spacial score (nSPS) is 21.8. The van der Waals surface area contributed by atoms with Crippen LogP contribution in [0.1, 0.15) is 23.3 Å². The molecule has 2 aliphatic heterocycles. The Morgan fingerprint density at radius 2 is 2.29 bits per heavy atom. The lowest BCUT2D eigenvalue weighted by atomic mass is 9.79. The Morgan fingerprint density at radius 3 is 2.96 bits per heavy atom. The second-order valence-corrected chi connectivity index (χ2v) is 6.47. The minimum Gasteiger partial charge on any atom is -0.375 e. The van der Waals surface area contributed by atoms with Gasteiger partial charge in [0.2, 0.25) is 5.91 Å². The van der Waals surface area contributed by atoms with Crippen molar-refractivity contribution in [3.63, 3.8) is 0 Å². The molecule has 0 bridgehead atoms. The minimum atomic E-state index is -0.235. The van der Waals surface area contributed by atoms with Crippen molar-refractivity contribution in [1.29, 1.82) is 0 Å². The highest BCUT2D eigenvalue weighted by molar-refractivity contribution is 5.92. The van der Waals surface area contributed by atoms with Crippen LogP contribution in [-0.4, -0.2) is 72.1 Å². The minimum absolute atomic E-state index is 0.00175. The molecule has 0 saturated carbocycles. The molecular formula is C16H24N4O4. The average Bonchev–Trinajstić information content (AvgIpc) is 3.12. The zero-order chi connectivity index (χ0) is 17.2. The zero-order valence-corrected chi connectivity index (χ0v) is 14.2. The number of methoxy groups -OCH3 is 1. The Labute approximate surface area is 141 Å². The predicted octanol–water partition coefficient (Wildman–Crippen LogP) is -0.196. The van der Waals surface area contributed by atoms with Gasteiger partial charge in [0.25, 0.3) is 5.91 Å². The number of aromatic nitrogens is 2. The lowest BCUT2D eigenvalue weighted by Gasteiger charge is -2.50. The highest BCUT2D eigenvalue weighted by atomic mass is 16.5. The lowest BCUT2D eigenvalue weighted by molar-refractivity contribution is -0.168. The number of carbonyl (C=O) groups excluding carboxylic acids is 2. The van der Waals surface area contributed by atoms with E-state index in [2.05, 4.69) is 10.4 Å². The van der Waals surface area contributed by atoms with Crippen molar-refractivity contribution in [2.45, 2.75) is 18.4 Å². The number of carbonyl (C=O) groups is 2. The molecule has 1 atom stereocenters. The Hall–Kier alpha value is -1.93. The Bertz CT molecular complexity index is 609. The van der Waals surface area contributed by atoms with Gasteiger partial charge in [-0.15, -0.1) is 0 Å². The maximum absolute atomic E-state index is 12.1. The first kappa shape index (κ1) is 16.9. The third-order valence-corrected chi connectivity index (χ3v) is 4.97. The molecule has 2 aliphatic rings. The van der Waals surface area contributed by atoms with Crippen LogP contribution in [0.3, 0.4) is 0 Å². The van der Waals surface area contributed by atoms with Gasteiger partial charge in [-0.25, -0.2) is 0 Å². The number of hydrogen-bond donors (Lipinski definition) is 1. The second-order valence-electron chi connectivity index (χ2n) is 6.47. The number of likely N-dealkylation sites (tertiary alicyclic amines) is 1. The summed E-state index contributed by atoms with van der Waals surface area (Å²) in [6.45, 7) is 2.66. The van der Waals surface area contributed by atoms with Gasteiger partial charge in [-0.2, -0.15) is 5.10 Å². The molecule has 24 heavy (non-hydrogen) atoms. The number of aryl methyl sites for hydroxylation is 1. The first-order valence-electron chi connectivity index (χ1n) is 8.22. The van der Waals surface area contributed by atoms with Gasteiger partial charge < -0.3 is 19.7 Å². The van der Waals surface area contributed by atoms with E-state index in [9.17, 15) is 9.59 Å². The fraction of sp³-hybridized carbons (Fsp3) is 0.688. The van der Waals surface area contributed by atoms with Crippen molar-refractivity contribution in [2.24, 2.45) is 13.0 Å². The summed E-state index contributed by atoms with van der Waals surface area (Å²) in [5.41, 5.74) is 0.313. The van der Waals surface area contributed by atoms with Crippen molar-refractivity contribution in [3.8, 4) is 0 Å². The maximum Gasteiger partial charge on any atom is 0.269 e. The van der Waals surface area contributed by atoms with Gasteiger partial charge in [0.1, 0.15) is 17.9 Å². The molecule has 132 valence electrons. The van der Waals surface area contributed by atoms with E-state index in [1.54, 1.807) is 28.9 Å². The quantitative estimate of drug-likeness (QED) is 0.778. The summed E-state index contributed by atoms with van der Waals surface area (Å²) in [5.74, 6) is 0.242. The van der Waals surface area contributed by atoms with E-state index in [1.165, 1.54) is 7.11 Å². The van der Waals surface area contributed by atoms with Gasteiger partial charge in [-0.3, -0.25) is 14.3 Å². The summed E-state index contributed by atoms with van der Waals surface area (Å²) in [6, 6.07) is 1.70. The smallest absolute Gasteiger partial charge is 0.269 e. The standard InChI is InChI=1S/C16H24N4O4/c1-19-13(4-7-18-19)15(22)17-6-3-12-5-8-24-16(12)10-20(11-16)14(21)9-23-2/h4,7,12H,3,5-6,8-11H2,1-2H3,(H,17,22)/t12-/m1/s1. The molecule has 8 nitrogen and oxygen atoms in total. The second kappa shape index (κ2) is 6.90. The third kappa shape index (κ3) is 3.16. The van der Waals surface area contributed by atoms with E-state index in [4.69, 9.17) is 9.47 Å². The van der Waals surface area contributed by atoms with Crippen molar-refractivity contribution in [1.82, 2.24) is 20.0 Å². The summed E-state index contributed by atoms with van der Waals surface area (Å²) in [5, 5.41) is 6.93. The van der Waals surface area contributed by atoms with Crippen LogP contribution in [0.2, 0.25) is 0 Å². The highest BCUT2D eigenvalue weighted by Crippen LogP contribution is 2.41. The number of nitrogens with one attached hydrogen (secondary N) is 1. The SMILES string of the molecule is COCC(=O)N1CC2(C1)OCC[C@H]2CCNC(=O)c1ccnn1C. The van der Waals surface area contributed by atoms with Crippen LogP contribution >= 0.6 is 0 Å². The fourth-order valence-corrected chi connectivity index (χ4v) is 3.58. The van der Waals surface area contributed by atoms with E-state index in [-0.39, 0.29) is 24.0 Å². The van der Waals surface area contributed by atoms with E-state index in [0.29, 0.717) is 37.9 Å². The first-order chi connectivity index (χ1) is 11.6. The summed E-state index contributed by atoms with van der Waals surface area (Å²) in [6.07, 6.45) is 3.42. The molecule has 2 amide bonds. The van der Waals surface area contributed by atoms with Crippen LogP contribution in [0.5, 0.6) is 0 Å². The molecule has 1 aromatic rings. The van der Waals surface area contributed by atoms with Crippen LogP contribution in [-0.2, 0) is 21.3 Å². The topological polar surface area (TPSA) is 85.7 Å². The molecule has 3 rings (SSSR count). The first-order valence-corrected chi connectivity index (χ1v) is 8.22. The van der Waals surface area contributed by atoms with E-state index >= 15 is 0 Å². The number of ether oxygens (including phenoxy) is 2. The number of hydrogen-bond acceptors (Lipinski definition) is 5. The maximum atomic E-state index is 12.1. The molecule has 2 fully saturated rings. The largest absolute Gasteiger partial charge is 0.375 e. The van der Waals surface area contributed by atoms with E-state index in [0.717, 1.165) is 12.8 Å². The number of nitrogens with zero attached hydrogens (tertiary/aromatic N) is 3. The molecule has 1 spiro atoms. The van der Waals surface area contributed by atoms with Crippen molar-refractivity contribution in [3.05, 3.63) is 18.0 Å². The molecule has 1 aromatic heterocycles. The summed E-state index contributed by atoms with van der Waals surface area (Å²) in [4.78, 5) is 25.7. The highest BCUT2D eigenvalue weighted by Gasteiger charge is 2.53. The predicted molar refractivity (Wildman–Crippen MR) is 85.4 cm³/mol. The Balaban J connectivity index is 1.47. The zero-order valence-electron chi connectivity index (χ0n) is 14.2. The molecule has 8 heteroatoms. The van der Waals surface area contributed by atoms with Gasteiger partial charge in [0, 0.05) is 33.5 Å². The van der Waals surface area contributed by atoms with Crippen molar-refractivity contribution >= 4 is 11.8 Å². The Kier molecular flexibility index (Phi) is 4.86. The number of amides is 2. The van der Waals surface area contributed by atoms with Crippen molar-refractivity contribution in [2.75, 3.05) is 40.0 Å². The fourth-order valence-electron chi connectivity index (χ4n) is 3.58. The van der Waals surface area contributed by atoms with Gasteiger partial charge in [-0.05, 0) is 24.8 Å². The molecular weight excluding hydrogens is 312 g/mol. The molecule has 0 radical (unpaired) electrons.